The molecule has 8 rings (SSSR count). The lowest BCUT2D eigenvalue weighted by molar-refractivity contribution is 1.07. The van der Waals surface area contributed by atoms with Crippen molar-refractivity contribution in [3.63, 3.8) is 0 Å². The zero-order valence-corrected chi connectivity index (χ0v) is 26.2. The topological polar surface area (TPSA) is 43.6 Å². The van der Waals surface area contributed by atoms with E-state index < -0.39 is 0 Å². The molecule has 0 saturated carbocycles. The van der Waals surface area contributed by atoms with Crippen molar-refractivity contribution in [2.75, 3.05) is 0 Å². The molecule has 0 bridgehead atoms. The van der Waals surface area contributed by atoms with Gasteiger partial charge in [-0.15, -0.1) is 0 Å². The summed E-state index contributed by atoms with van der Waals surface area (Å²) in [6.45, 7) is 0. The summed E-state index contributed by atoms with van der Waals surface area (Å²) < 4.78 is 3.32. The Morgan fingerprint density at radius 2 is 1.00 bits per heavy atom. The first-order valence-electron chi connectivity index (χ1n) is 15.0. The Morgan fingerprint density at radius 1 is 0.435 bits per heavy atom. The lowest BCUT2D eigenvalue weighted by Gasteiger charge is -2.11. The maximum absolute atomic E-state index is 4.96. The standard InChI is InChI=1S/C41H25BrN4/c42-33-17-9-11-28(25-33)21-22-29-23-24-38-36(26-29)35-19-7-8-20-37(35)46(38)34-18-10-16-32(27-34)41-44-39(30-12-3-1-4-13-30)43-40(45-41)31-14-5-2-6-15-31/h1-20,23-27H. The summed E-state index contributed by atoms with van der Waals surface area (Å²) >= 11 is 3.54. The summed E-state index contributed by atoms with van der Waals surface area (Å²) in [7, 11) is 0. The van der Waals surface area contributed by atoms with Crippen molar-refractivity contribution in [1.29, 1.82) is 0 Å². The Balaban J connectivity index is 1.26. The quantitative estimate of drug-likeness (QED) is 0.178. The minimum absolute atomic E-state index is 0.625. The lowest BCUT2D eigenvalue weighted by atomic mass is 10.1. The van der Waals surface area contributed by atoms with E-state index in [9.17, 15) is 0 Å². The van der Waals surface area contributed by atoms with Crippen molar-refractivity contribution in [1.82, 2.24) is 19.5 Å². The largest absolute Gasteiger partial charge is 0.309 e. The van der Waals surface area contributed by atoms with E-state index in [1.165, 1.54) is 5.39 Å². The molecule has 4 nitrogen and oxygen atoms in total. The van der Waals surface area contributed by atoms with Gasteiger partial charge in [-0.25, -0.2) is 15.0 Å². The van der Waals surface area contributed by atoms with Crippen molar-refractivity contribution >= 4 is 37.7 Å². The molecule has 0 radical (unpaired) electrons. The number of hydrogen-bond donors (Lipinski definition) is 0. The average Bonchev–Trinajstić information content (AvgIpc) is 3.45. The van der Waals surface area contributed by atoms with Crippen LogP contribution in [0.3, 0.4) is 0 Å². The summed E-state index contributed by atoms with van der Waals surface area (Å²) in [6.07, 6.45) is 0. The van der Waals surface area contributed by atoms with Gasteiger partial charge >= 0.3 is 0 Å². The van der Waals surface area contributed by atoms with E-state index in [0.29, 0.717) is 17.5 Å². The van der Waals surface area contributed by atoms with Crippen LogP contribution in [0.5, 0.6) is 0 Å². The summed E-state index contributed by atoms with van der Waals surface area (Å²) in [5.74, 6) is 8.57. The molecule has 8 aromatic rings. The molecule has 5 heteroatoms. The highest BCUT2D eigenvalue weighted by molar-refractivity contribution is 9.10. The van der Waals surface area contributed by atoms with E-state index in [0.717, 1.165) is 54.4 Å². The molecule has 0 fully saturated rings. The molecule has 216 valence electrons. The minimum atomic E-state index is 0.625. The molecule has 0 atom stereocenters. The van der Waals surface area contributed by atoms with Crippen LogP contribution in [0.25, 0.3) is 61.7 Å². The minimum Gasteiger partial charge on any atom is -0.309 e. The molecular formula is C41H25BrN4. The predicted molar refractivity (Wildman–Crippen MR) is 191 cm³/mol. The number of nitrogens with zero attached hydrogens (tertiary/aromatic N) is 4. The number of benzene rings is 6. The molecule has 0 N–H and O–H groups in total. The highest BCUT2D eigenvalue weighted by Crippen LogP contribution is 2.34. The van der Waals surface area contributed by atoms with E-state index >= 15 is 0 Å². The number of rotatable bonds is 4. The van der Waals surface area contributed by atoms with E-state index in [2.05, 4.69) is 99.1 Å². The summed E-state index contributed by atoms with van der Waals surface area (Å²) in [6, 6.07) is 51.5. The van der Waals surface area contributed by atoms with E-state index in [1.807, 2.05) is 84.9 Å². The van der Waals surface area contributed by atoms with E-state index in [1.54, 1.807) is 0 Å². The van der Waals surface area contributed by atoms with Gasteiger partial charge in [-0.3, -0.25) is 0 Å². The second-order valence-electron chi connectivity index (χ2n) is 10.9. The second kappa shape index (κ2) is 11.9. The number of aromatic nitrogens is 4. The van der Waals surface area contributed by atoms with Gasteiger partial charge in [0.25, 0.3) is 0 Å². The zero-order chi connectivity index (χ0) is 30.9. The van der Waals surface area contributed by atoms with Gasteiger partial charge in [-0.1, -0.05) is 125 Å². The molecule has 0 unspecified atom stereocenters. The van der Waals surface area contributed by atoms with Gasteiger partial charge in [0.15, 0.2) is 17.5 Å². The van der Waals surface area contributed by atoms with Crippen LogP contribution in [0.2, 0.25) is 0 Å². The summed E-state index contributed by atoms with van der Waals surface area (Å²) in [4.78, 5) is 14.8. The van der Waals surface area contributed by atoms with Crippen LogP contribution in [0, 0.1) is 11.8 Å². The SMILES string of the molecule is Brc1cccc(C#Cc2ccc3c(c2)c2ccccc2n3-c2cccc(-c3nc(-c4ccccc4)nc(-c4ccccc4)n3)c2)c1. The molecular weight excluding hydrogens is 628 g/mol. The Kier molecular flexibility index (Phi) is 7.18. The molecule has 0 spiro atoms. The fraction of sp³-hybridized carbons (Fsp3) is 0. The monoisotopic (exact) mass is 652 g/mol. The van der Waals surface area contributed by atoms with Crippen LogP contribution >= 0.6 is 15.9 Å². The average molecular weight is 654 g/mol. The maximum Gasteiger partial charge on any atom is 0.164 e. The highest BCUT2D eigenvalue weighted by atomic mass is 79.9. The van der Waals surface area contributed by atoms with Gasteiger partial charge in [-0.2, -0.15) is 0 Å². The van der Waals surface area contributed by atoms with Gasteiger partial charge in [0.1, 0.15) is 0 Å². The Bertz CT molecular complexity index is 2380. The molecule has 6 aromatic carbocycles. The molecule has 46 heavy (non-hydrogen) atoms. The predicted octanol–water partition coefficient (Wildman–Crippen LogP) is 10.1. The van der Waals surface area contributed by atoms with Crippen molar-refractivity contribution in [2.24, 2.45) is 0 Å². The Labute approximate surface area is 275 Å². The first-order chi connectivity index (χ1) is 22.7. The maximum atomic E-state index is 4.96. The van der Waals surface area contributed by atoms with Gasteiger partial charge in [-0.05, 0) is 54.6 Å². The van der Waals surface area contributed by atoms with Gasteiger partial charge in [0, 0.05) is 48.7 Å². The molecule has 0 amide bonds. The number of halogens is 1. The molecule has 0 aliphatic rings. The summed E-state index contributed by atoms with van der Waals surface area (Å²) in [5, 5.41) is 2.33. The number of fused-ring (bicyclic) bond motifs is 3. The van der Waals surface area contributed by atoms with Gasteiger partial charge in [0.2, 0.25) is 0 Å². The van der Waals surface area contributed by atoms with Crippen LogP contribution in [-0.4, -0.2) is 19.5 Å². The van der Waals surface area contributed by atoms with Crippen LogP contribution in [0.1, 0.15) is 11.1 Å². The molecule has 2 heterocycles. The fourth-order valence-electron chi connectivity index (χ4n) is 5.76. The van der Waals surface area contributed by atoms with Crippen LogP contribution in [0.4, 0.5) is 0 Å². The first kappa shape index (κ1) is 27.7. The smallest absolute Gasteiger partial charge is 0.164 e. The highest BCUT2D eigenvalue weighted by Gasteiger charge is 2.15. The van der Waals surface area contributed by atoms with Gasteiger partial charge < -0.3 is 4.57 Å². The third-order valence-corrected chi connectivity index (χ3v) is 8.40. The third kappa shape index (κ3) is 5.36. The van der Waals surface area contributed by atoms with E-state index in [-0.39, 0.29) is 0 Å². The molecule has 2 aromatic heterocycles. The third-order valence-electron chi connectivity index (χ3n) is 7.91. The number of para-hydroxylation sites is 1. The Hall–Kier alpha value is -5.83. The van der Waals surface area contributed by atoms with Crippen molar-refractivity contribution < 1.29 is 0 Å². The zero-order valence-electron chi connectivity index (χ0n) is 24.6. The van der Waals surface area contributed by atoms with Crippen molar-refractivity contribution in [3.8, 4) is 51.7 Å². The van der Waals surface area contributed by atoms with Crippen LogP contribution < -0.4 is 0 Å². The second-order valence-corrected chi connectivity index (χ2v) is 11.8. The Morgan fingerprint density at radius 3 is 1.70 bits per heavy atom. The normalized spacial score (nSPS) is 11.0. The van der Waals surface area contributed by atoms with Gasteiger partial charge in [0.05, 0.1) is 11.0 Å². The molecule has 0 saturated heterocycles. The number of hydrogen-bond acceptors (Lipinski definition) is 3. The van der Waals surface area contributed by atoms with E-state index in [4.69, 9.17) is 15.0 Å². The summed E-state index contributed by atoms with van der Waals surface area (Å²) in [5.41, 5.74) is 8.00. The van der Waals surface area contributed by atoms with Crippen molar-refractivity contribution in [2.45, 2.75) is 0 Å². The lowest BCUT2D eigenvalue weighted by Crippen LogP contribution is -2.01. The fourth-order valence-corrected chi connectivity index (χ4v) is 6.16. The molecule has 0 aliphatic heterocycles. The van der Waals surface area contributed by atoms with Crippen LogP contribution in [0.15, 0.2) is 156 Å². The molecule has 0 aliphatic carbocycles. The van der Waals surface area contributed by atoms with Crippen molar-refractivity contribution in [3.05, 3.63) is 167 Å². The van der Waals surface area contributed by atoms with Crippen LogP contribution in [-0.2, 0) is 0 Å². The first-order valence-corrected chi connectivity index (χ1v) is 15.8.